The lowest BCUT2D eigenvalue weighted by Gasteiger charge is -2.36. The first-order valence-electron chi connectivity index (χ1n) is 8.03. The van der Waals surface area contributed by atoms with Crippen LogP contribution in [-0.4, -0.2) is 29.4 Å². The van der Waals surface area contributed by atoms with Crippen molar-refractivity contribution in [2.75, 3.05) is 13.7 Å². The van der Waals surface area contributed by atoms with Crippen LogP contribution in [0.3, 0.4) is 0 Å². The van der Waals surface area contributed by atoms with Gasteiger partial charge in [-0.25, -0.2) is 0 Å². The molecule has 1 atom stereocenters. The highest BCUT2D eigenvalue weighted by molar-refractivity contribution is 5.27. The first-order chi connectivity index (χ1) is 10.2. The summed E-state index contributed by atoms with van der Waals surface area (Å²) in [5.41, 5.74) is 0.300. The van der Waals surface area contributed by atoms with E-state index in [-0.39, 0.29) is 0 Å². The zero-order chi connectivity index (χ0) is 15.1. The molecule has 0 radical (unpaired) electrons. The number of nitrogens with zero attached hydrogens (tertiary/aromatic N) is 1. The van der Waals surface area contributed by atoms with Gasteiger partial charge in [0.25, 0.3) is 0 Å². The molecule has 0 spiro atoms. The fourth-order valence-corrected chi connectivity index (χ4v) is 3.10. The van der Waals surface area contributed by atoms with Crippen LogP contribution in [0.25, 0.3) is 0 Å². The van der Waals surface area contributed by atoms with Gasteiger partial charge < -0.3 is 14.6 Å². The van der Waals surface area contributed by atoms with Crippen molar-refractivity contribution in [2.24, 2.45) is 0 Å². The number of aliphatic hydroxyl groups excluding tert-OH is 1. The second kappa shape index (κ2) is 7.76. The minimum Gasteiger partial charge on any atom is -0.492 e. The molecule has 1 aromatic heterocycles. The Morgan fingerprint density at radius 3 is 2.57 bits per heavy atom. The summed E-state index contributed by atoms with van der Waals surface area (Å²) in [7, 11) is 1.71. The Morgan fingerprint density at radius 2 is 1.95 bits per heavy atom. The van der Waals surface area contributed by atoms with E-state index in [9.17, 15) is 5.11 Å². The molecule has 2 rings (SSSR count). The number of rotatable bonds is 6. The van der Waals surface area contributed by atoms with Gasteiger partial charge in [0.15, 0.2) is 0 Å². The number of aliphatic hydroxyl groups is 1. The van der Waals surface area contributed by atoms with Crippen LogP contribution in [0.5, 0.6) is 5.75 Å². The van der Waals surface area contributed by atoms with Gasteiger partial charge in [-0.05, 0) is 25.3 Å². The Labute approximate surface area is 127 Å². The molecule has 1 unspecified atom stereocenters. The Kier molecular flexibility index (Phi) is 6.00. The molecule has 1 heterocycles. The highest BCUT2D eigenvalue weighted by atomic mass is 16.5. The second-order valence-electron chi connectivity index (χ2n) is 5.89. The lowest BCUT2D eigenvalue weighted by Crippen LogP contribution is -2.38. The molecule has 1 saturated carbocycles. The number of pyridine rings is 1. The highest BCUT2D eigenvalue weighted by Gasteiger charge is 2.39. The Balaban J connectivity index is 2.18. The summed E-state index contributed by atoms with van der Waals surface area (Å²) in [5, 5.41) is 10.9. The van der Waals surface area contributed by atoms with E-state index in [0.717, 1.165) is 37.7 Å². The van der Waals surface area contributed by atoms with Gasteiger partial charge in [0.1, 0.15) is 11.9 Å². The van der Waals surface area contributed by atoms with Crippen molar-refractivity contribution in [1.29, 1.82) is 0 Å². The first-order valence-corrected chi connectivity index (χ1v) is 8.03. The van der Waals surface area contributed by atoms with E-state index in [1.54, 1.807) is 19.5 Å². The van der Waals surface area contributed by atoms with Crippen LogP contribution in [0.2, 0.25) is 0 Å². The third-order valence-corrected chi connectivity index (χ3v) is 4.38. The van der Waals surface area contributed by atoms with E-state index in [4.69, 9.17) is 9.47 Å². The van der Waals surface area contributed by atoms with Crippen LogP contribution in [-0.2, 0) is 4.74 Å². The molecular weight excluding hydrogens is 266 g/mol. The zero-order valence-electron chi connectivity index (χ0n) is 13.2. The van der Waals surface area contributed by atoms with Gasteiger partial charge in [0.2, 0.25) is 0 Å². The minimum absolute atomic E-state index is 0.485. The summed E-state index contributed by atoms with van der Waals surface area (Å²) in [4.78, 5) is 4.20. The Bertz CT molecular complexity index is 428. The average molecular weight is 293 g/mol. The second-order valence-corrected chi connectivity index (χ2v) is 5.89. The molecule has 4 nitrogen and oxygen atoms in total. The molecule has 1 N–H and O–H groups in total. The smallest absolute Gasteiger partial charge is 0.137 e. The molecular formula is C17H27NO3. The van der Waals surface area contributed by atoms with Crippen LogP contribution in [0.15, 0.2) is 18.5 Å². The van der Waals surface area contributed by atoms with E-state index in [0.29, 0.717) is 12.4 Å². The molecule has 118 valence electrons. The van der Waals surface area contributed by atoms with Crippen molar-refractivity contribution in [1.82, 2.24) is 4.98 Å². The van der Waals surface area contributed by atoms with Crippen molar-refractivity contribution in [3.05, 3.63) is 24.0 Å². The predicted octanol–water partition coefficient (Wildman–Crippen LogP) is 3.64. The molecule has 1 aliphatic carbocycles. The predicted molar refractivity (Wildman–Crippen MR) is 82.4 cm³/mol. The van der Waals surface area contributed by atoms with Gasteiger partial charge in [-0.3, -0.25) is 4.98 Å². The molecule has 0 saturated heterocycles. The van der Waals surface area contributed by atoms with Gasteiger partial charge in [-0.1, -0.05) is 32.6 Å². The third-order valence-electron chi connectivity index (χ3n) is 4.38. The summed E-state index contributed by atoms with van der Waals surface area (Å²) < 4.78 is 11.4. The van der Waals surface area contributed by atoms with Crippen LogP contribution < -0.4 is 4.74 Å². The van der Waals surface area contributed by atoms with Crippen LogP contribution in [0.1, 0.15) is 63.5 Å². The maximum Gasteiger partial charge on any atom is 0.137 e. The van der Waals surface area contributed by atoms with Crippen LogP contribution in [0.4, 0.5) is 0 Å². The quantitative estimate of drug-likeness (QED) is 0.814. The molecule has 4 heteroatoms. The van der Waals surface area contributed by atoms with Crippen LogP contribution in [0, 0.1) is 0 Å². The molecule has 1 fully saturated rings. The Morgan fingerprint density at radius 1 is 1.24 bits per heavy atom. The van der Waals surface area contributed by atoms with Crippen LogP contribution >= 0.6 is 0 Å². The number of aromatic nitrogens is 1. The van der Waals surface area contributed by atoms with Crippen molar-refractivity contribution in [3.8, 4) is 5.75 Å². The van der Waals surface area contributed by atoms with E-state index in [2.05, 4.69) is 11.9 Å². The highest BCUT2D eigenvalue weighted by Crippen LogP contribution is 2.40. The maximum absolute atomic E-state index is 10.9. The van der Waals surface area contributed by atoms with Crippen molar-refractivity contribution in [2.45, 2.75) is 63.6 Å². The molecule has 0 bridgehead atoms. The van der Waals surface area contributed by atoms with Crippen molar-refractivity contribution < 1.29 is 14.6 Å². The van der Waals surface area contributed by atoms with Gasteiger partial charge in [0.05, 0.1) is 18.4 Å². The maximum atomic E-state index is 10.9. The molecule has 1 aliphatic rings. The van der Waals surface area contributed by atoms with E-state index >= 15 is 0 Å². The fourth-order valence-electron chi connectivity index (χ4n) is 3.10. The fraction of sp³-hybridized carbons (Fsp3) is 0.706. The zero-order valence-corrected chi connectivity index (χ0v) is 13.2. The minimum atomic E-state index is -0.654. The standard InChI is InChI=1S/C17H27NO3/c1-3-10-21-15-11-14(12-18-13-15)16(19)17(20-2)8-6-4-5-7-9-17/h11-13,16,19H,3-10H2,1-2H3. The number of methoxy groups -OCH3 is 1. The summed E-state index contributed by atoms with van der Waals surface area (Å²) in [6, 6.07) is 1.89. The summed E-state index contributed by atoms with van der Waals surface area (Å²) in [5.74, 6) is 0.716. The van der Waals surface area contributed by atoms with Gasteiger partial charge in [0, 0.05) is 18.9 Å². The molecule has 0 amide bonds. The van der Waals surface area contributed by atoms with Gasteiger partial charge in [-0.2, -0.15) is 0 Å². The van der Waals surface area contributed by atoms with Gasteiger partial charge >= 0.3 is 0 Å². The SMILES string of the molecule is CCCOc1cncc(C(O)C2(OC)CCCCCC2)c1. The van der Waals surface area contributed by atoms with E-state index < -0.39 is 11.7 Å². The molecule has 0 aliphatic heterocycles. The molecule has 0 aromatic carbocycles. The monoisotopic (exact) mass is 293 g/mol. The molecule has 21 heavy (non-hydrogen) atoms. The number of hydrogen-bond acceptors (Lipinski definition) is 4. The summed E-state index contributed by atoms with van der Waals surface area (Å²) >= 11 is 0. The van der Waals surface area contributed by atoms with Crippen molar-refractivity contribution >= 4 is 0 Å². The normalized spacial score (nSPS) is 19.8. The molecule has 1 aromatic rings. The van der Waals surface area contributed by atoms with E-state index in [1.165, 1.54) is 12.8 Å². The first kappa shape index (κ1) is 16.2. The Hall–Kier alpha value is -1.13. The lowest BCUT2D eigenvalue weighted by molar-refractivity contribution is -0.114. The van der Waals surface area contributed by atoms with Crippen molar-refractivity contribution in [3.63, 3.8) is 0 Å². The largest absolute Gasteiger partial charge is 0.492 e. The third kappa shape index (κ3) is 3.95. The topological polar surface area (TPSA) is 51.6 Å². The van der Waals surface area contributed by atoms with Gasteiger partial charge in [-0.15, -0.1) is 0 Å². The lowest BCUT2D eigenvalue weighted by atomic mass is 9.85. The summed E-state index contributed by atoms with van der Waals surface area (Å²) in [6.07, 6.45) is 10.1. The number of ether oxygens (including phenoxy) is 2. The average Bonchev–Trinajstić information content (AvgIpc) is 2.79. The number of hydrogen-bond donors (Lipinski definition) is 1. The summed E-state index contributed by atoms with van der Waals surface area (Å²) in [6.45, 7) is 2.73. The van der Waals surface area contributed by atoms with E-state index in [1.807, 2.05) is 6.07 Å².